The maximum atomic E-state index is 12.4. The maximum absolute atomic E-state index is 12.4. The Morgan fingerprint density at radius 2 is 1.69 bits per heavy atom. The van der Waals surface area contributed by atoms with Gasteiger partial charge in [0, 0.05) is 17.6 Å². The first-order valence-electron chi connectivity index (χ1n) is 8.32. The maximum Gasteiger partial charge on any atom is 0.274 e. The summed E-state index contributed by atoms with van der Waals surface area (Å²) in [5.41, 5.74) is 3.04. The summed E-state index contributed by atoms with van der Waals surface area (Å²) < 4.78 is 5.13. The quantitative estimate of drug-likeness (QED) is 0.703. The Kier molecular flexibility index (Phi) is 5.43. The molecular weight excluding hydrogens is 328 g/mol. The van der Waals surface area contributed by atoms with Crippen LogP contribution in [0.3, 0.4) is 0 Å². The summed E-state index contributed by atoms with van der Waals surface area (Å²) in [7, 11) is 1.61. The lowest BCUT2D eigenvalue weighted by Gasteiger charge is -2.08. The number of nitrogens with one attached hydrogen (secondary N) is 2. The van der Waals surface area contributed by atoms with Crippen LogP contribution in [0.15, 0.2) is 60.8 Å². The van der Waals surface area contributed by atoms with Gasteiger partial charge in [-0.15, -0.1) is 0 Å². The molecule has 0 atom stereocenters. The van der Waals surface area contributed by atoms with Crippen LogP contribution in [0.5, 0.6) is 5.75 Å². The lowest BCUT2D eigenvalue weighted by molar-refractivity contribution is 0.102. The van der Waals surface area contributed by atoms with Gasteiger partial charge in [0.15, 0.2) is 0 Å². The van der Waals surface area contributed by atoms with E-state index in [0.29, 0.717) is 5.95 Å². The molecule has 3 aromatic rings. The highest BCUT2D eigenvalue weighted by atomic mass is 16.5. The zero-order chi connectivity index (χ0) is 18.4. The lowest BCUT2D eigenvalue weighted by Crippen LogP contribution is -2.14. The fourth-order valence-corrected chi connectivity index (χ4v) is 2.37. The summed E-state index contributed by atoms with van der Waals surface area (Å²) in [4.78, 5) is 20.8. The van der Waals surface area contributed by atoms with Crippen LogP contribution in [0.2, 0.25) is 0 Å². The summed E-state index contributed by atoms with van der Waals surface area (Å²) >= 11 is 0. The molecular formula is C20H20N4O2. The fourth-order valence-electron chi connectivity index (χ4n) is 2.37. The van der Waals surface area contributed by atoms with Gasteiger partial charge in [0.25, 0.3) is 5.91 Å². The average molecular weight is 348 g/mol. The predicted octanol–water partition coefficient (Wildman–Crippen LogP) is 4.04. The van der Waals surface area contributed by atoms with E-state index >= 15 is 0 Å². The Labute approximate surface area is 152 Å². The van der Waals surface area contributed by atoms with Crippen molar-refractivity contribution in [2.24, 2.45) is 0 Å². The second-order valence-electron chi connectivity index (χ2n) is 5.62. The van der Waals surface area contributed by atoms with Gasteiger partial charge in [-0.2, -0.15) is 0 Å². The first-order valence-corrected chi connectivity index (χ1v) is 8.32. The molecule has 1 aromatic heterocycles. The number of methoxy groups -OCH3 is 1. The molecule has 6 heteroatoms. The molecule has 1 heterocycles. The van der Waals surface area contributed by atoms with E-state index in [1.165, 1.54) is 5.56 Å². The van der Waals surface area contributed by atoms with E-state index in [2.05, 4.69) is 27.5 Å². The van der Waals surface area contributed by atoms with Gasteiger partial charge in [0.05, 0.1) is 7.11 Å². The third kappa shape index (κ3) is 4.36. The highest BCUT2D eigenvalue weighted by molar-refractivity contribution is 6.03. The number of aromatic nitrogens is 2. The number of aryl methyl sites for hydroxylation is 1. The molecule has 0 saturated carbocycles. The minimum absolute atomic E-state index is 0.283. The molecule has 0 aliphatic heterocycles. The number of rotatable bonds is 6. The molecule has 1 amide bonds. The van der Waals surface area contributed by atoms with E-state index in [0.717, 1.165) is 23.5 Å². The van der Waals surface area contributed by atoms with Gasteiger partial charge in [-0.3, -0.25) is 4.79 Å². The normalized spacial score (nSPS) is 10.2. The number of nitrogens with zero attached hydrogens (tertiary/aromatic N) is 2. The molecule has 3 rings (SSSR count). The molecule has 0 unspecified atom stereocenters. The van der Waals surface area contributed by atoms with Crippen molar-refractivity contribution in [2.75, 3.05) is 17.7 Å². The number of ether oxygens (including phenoxy) is 1. The van der Waals surface area contributed by atoms with Crippen molar-refractivity contribution in [3.8, 4) is 5.75 Å². The fraction of sp³-hybridized carbons (Fsp3) is 0.150. The molecule has 132 valence electrons. The summed E-state index contributed by atoms with van der Waals surface area (Å²) in [5.74, 6) is 0.831. The number of hydrogen-bond acceptors (Lipinski definition) is 5. The number of carbonyl (C=O) groups excluding carboxylic acids is 1. The molecule has 0 saturated heterocycles. The summed E-state index contributed by atoms with van der Waals surface area (Å²) in [6.07, 6.45) is 2.51. The summed E-state index contributed by atoms with van der Waals surface area (Å²) in [5, 5.41) is 5.91. The zero-order valence-electron chi connectivity index (χ0n) is 14.7. The van der Waals surface area contributed by atoms with Crippen molar-refractivity contribution < 1.29 is 9.53 Å². The molecule has 0 spiro atoms. The van der Waals surface area contributed by atoms with E-state index in [1.54, 1.807) is 19.4 Å². The molecule has 0 aliphatic carbocycles. The first kappa shape index (κ1) is 17.4. The van der Waals surface area contributed by atoms with Crippen LogP contribution < -0.4 is 15.4 Å². The highest BCUT2D eigenvalue weighted by Gasteiger charge is 2.09. The van der Waals surface area contributed by atoms with Crippen LogP contribution in [0.4, 0.5) is 17.3 Å². The van der Waals surface area contributed by atoms with Crippen LogP contribution >= 0.6 is 0 Å². The van der Waals surface area contributed by atoms with Gasteiger partial charge < -0.3 is 15.4 Å². The molecule has 2 N–H and O–H groups in total. The molecule has 26 heavy (non-hydrogen) atoms. The van der Waals surface area contributed by atoms with Crippen molar-refractivity contribution in [2.45, 2.75) is 13.3 Å². The van der Waals surface area contributed by atoms with Gasteiger partial charge in [0.1, 0.15) is 11.4 Å². The lowest BCUT2D eigenvalue weighted by atomic mass is 10.1. The van der Waals surface area contributed by atoms with Crippen molar-refractivity contribution in [3.05, 3.63) is 72.1 Å². The highest BCUT2D eigenvalue weighted by Crippen LogP contribution is 2.18. The molecule has 0 fully saturated rings. The van der Waals surface area contributed by atoms with E-state index in [1.807, 2.05) is 48.5 Å². The van der Waals surface area contributed by atoms with E-state index < -0.39 is 0 Å². The van der Waals surface area contributed by atoms with Crippen LogP contribution in [0.1, 0.15) is 23.0 Å². The van der Waals surface area contributed by atoms with Crippen molar-refractivity contribution in [1.82, 2.24) is 9.97 Å². The summed E-state index contributed by atoms with van der Waals surface area (Å²) in [6, 6.07) is 16.7. The van der Waals surface area contributed by atoms with E-state index in [9.17, 15) is 4.79 Å². The van der Waals surface area contributed by atoms with Gasteiger partial charge in [-0.25, -0.2) is 9.97 Å². The minimum Gasteiger partial charge on any atom is -0.497 e. The predicted molar refractivity (Wildman–Crippen MR) is 102 cm³/mol. The number of benzene rings is 2. The first-order chi connectivity index (χ1) is 12.7. The topological polar surface area (TPSA) is 76.1 Å². The average Bonchev–Trinajstić information content (AvgIpc) is 2.69. The molecule has 6 nitrogen and oxygen atoms in total. The number of carbonyl (C=O) groups is 1. The Balaban J connectivity index is 1.69. The Morgan fingerprint density at radius 3 is 2.35 bits per heavy atom. The van der Waals surface area contributed by atoms with Crippen LogP contribution in [0, 0.1) is 0 Å². The van der Waals surface area contributed by atoms with Gasteiger partial charge in [-0.05, 0) is 54.4 Å². The van der Waals surface area contributed by atoms with Gasteiger partial charge >= 0.3 is 0 Å². The standard InChI is InChI=1S/C20H20N4O2/c1-3-14-4-6-15(7-5-14)22-19(25)18-12-13-21-20(24-18)23-16-8-10-17(26-2)11-9-16/h4-13H,3H2,1-2H3,(H,22,25)(H,21,23,24). The molecule has 0 aliphatic rings. The molecule has 0 radical (unpaired) electrons. The van der Waals surface area contributed by atoms with Gasteiger partial charge in [-0.1, -0.05) is 19.1 Å². The van der Waals surface area contributed by atoms with Gasteiger partial charge in [0.2, 0.25) is 5.95 Å². The Hall–Kier alpha value is -3.41. The smallest absolute Gasteiger partial charge is 0.274 e. The number of hydrogen-bond donors (Lipinski definition) is 2. The second kappa shape index (κ2) is 8.11. The number of anilines is 3. The Morgan fingerprint density at radius 1 is 1.00 bits per heavy atom. The van der Waals surface area contributed by atoms with E-state index in [-0.39, 0.29) is 11.6 Å². The van der Waals surface area contributed by atoms with Crippen molar-refractivity contribution >= 4 is 23.2 Å². The van der Waals surface area contributed by atoms with Crippen molar-refractivity contribution in [1.29, 1.82) is 0 Å². The summed E-state index contributed by atoms with van der Waals surface area (Å²) in [6.45, 7) is 2.09. The third-order valence-corrected chi connectivity index (χ3v) is 3.85. The molecule has 2 aromatic carbocycles. The number of amides is 1. The van der Waals surface area contributed by atoms with E-state index in [4.69, 9.17) is 4.74 Å². The monoisotopic (exact) mass is 348 g/mol. The third-order valence-electron chi connectivity index (χ3n) is 3.85. The Bertz CT molecular complexity index is 877. The SMILES string of the molecule is CCc1ccc(NC(=O)c2ccnc(Nc3ccc(OC)cc3)n2)cc1. The second-order valence-corrected chi connectivity index (χ2v) is 5.62. The minimum atomic E-state index is -0.283. The molecule has 0 bridgehead atoms. The van der Waals surface area contributed by atoms with Crippen molar-refractivity contribution in [3.63, 3.8) is 0 Å². The van der Waals surface area contributed by atoms with Crippen LogP contribution in [-0.4, -0.2) is 23.0 Å². The largest absolute Gasteiger partial charge is 0.497 e. The van der Waals surface area contributed by atoms with Crippen LogP contribution in [-0.2, 0) is 6.42 Å². The van der Waals surface area contributed by atoms with Crippen LogP contribution in [0.25, 0.3) is 0 Å². The zero-order valence-corrected chi connectivity index (χ0v) is 14.7.